The Bertz CT molecular complexity index is 327. The first kappa shape index (κ1) is 12.1. The van der Waals surface area contributed by atoms with Crippen molar-refractivity contribution in [3.8, 4) is 0 Å². The van der Waals surface area contributed by atoms with Crippen molar-refractivity contribution in [2.45, 2.75) is 53.6 Å². The van der Waals surface area contributed by atoms with Crippen LogP contribution >= 0.6 is 0 Å². The minimum Gasteiger partial charge on any atom is -0.308 e. The molecule has 15 heavy (non-hydrogen) atoms. The van der Waals surface area contributed by atoms with E-state index in [0.29, 0.717) is 0 Å². The largest absolute Gasteiger partial charge is 0.308 e. The standard InChI is InChI=1S/C12H21N3/c1-8-11(7-13-12(4,5)6)9(2)15-10(3)14-8/h13H,7H2,1-6H3. The van der Waals surface area contributed by atoms with Crippen molar-refractivity contribution < 1.29 is 0 Å². The summed E-state index contributed by atoms with van der Waals surface area (Å²) in [7, 11) is 0. The maximum Gasteiger partial charge on any atom is 0.125 e. The molecule has 3 nitrogen and oxygen atoms in total. The molecule has 0 spiro atoms. The van der Waals surface area contributed by atoms with Crippen LogP contribution in [0.4, 0.5) is 0 Å². The molecule has 0 aliphatic rings. The van der Waals surface area contributed by atoms with Crippen molar-refractivity contribution >= 4 is 0 Å². The first-order chi connectivity index (χ1) is 6.79. The molecule has 0 unspecified atom stereocenters. The average molecular weight is 207 g/mol. The molecule has 0 aliphatic carbocycles. The molecule has 1 heterocycles. The topological polar surface area (TPSA) is 37.8 Å². The Morgan fingerprint density at radius 2 is 1.47 bits per heavy atom. The lowest BCUT2D eigenvalue weighted by atomic mass is 10.1. The molecular weight excluding hydrogens is 186 g/mol. The third kappa shape index (κ3) is 3.59. The molecule has 1 N–H and O–H groups in total. The van der Waals surface area contributed by atoms with Crippen LogP contribution in [0.25, 0.3) is 0 Å². The number of rotatable bonds is 2. The Morgan fingerprint density at radius 3 is 1.87 bits per heavy atom. The van der Waals surface area contributed by atoms with Crippen LogP contribution in [0.15, 0.2) is 0 Å². The molecule has 1 rings (SSSR count). The highest BCUT2D eigenvalue weighted by Crippen LogP contribution is 2.11. The Kier molecular flexibility index (Phi) is 3.45. The minimum absolute atomic E-state index is 0.129. The number of hydrogen-bond acceptors (Lipinski definition) is 3. The van der Waals surface area contributed by atoms with Crippen molar-refractivity contribution in [3.05, 3.63) is 22.8 Å². The van der Waals surface area contributed by atoms with Crippen LogP contribution in [0.3, 0.4) is 0 Å². The predicted molar refractivity (Wildman–Crippen MR) is 62.8 cm³/mol. The lowest BCUT2D eigenvalue weighted by molar-refractivity contribution is 0.422. The fourth-order valence-electron chi connectivity index (χ4n) is 1.52. The molecule has 0 amide bonds. The van der Waals surface area contributed by atoms with Crippen LogP contribution in [0, 0.1) is 20.8 Å². The average Bonchev–Trinajstić information content (AvgIpc) is 1.99. The number of nitrogens with zero attached hydrogens (tertiary/aromatic N) is 2. The van der Waals surface area contributed by atoms with Crippen molar-refractivity contribution in [2.75, 3.05) is 0 Å². The van der Waals surface area contributed by atoms with Gasteiger partial charge in [-0.25, -0.2) is 9.97 Å². The first-order valence-electron chi connectivity index (χ1n) is 5.35. The number of hydrogen-bond donors (Lipinski definition) is 1. The molecule has 0 aromatic carbocycles. The van der Waals surface area contributed by atoms with Gasteiger partial charge in [0.2, 0.25) is 0 Å². The van der Waals surface area contributed by atoms with Gasteiger partial charge in [0.15, 0.2) is 0 Å². The highest BCUT2D eigenvalue weighted by molar-refractivity contribution is 5.24. The predicted octanol–water partition coefficient (Wildman–Crippen LogP) is 2.29. The lowest BCUT2D eigenvalue weighted by Crippen LogP contribution is -2.35. The van der Waals surface area contributed by atoms with E-state index in [1.54, 1.807) is 0 Å². The van der Waals surface area contributed by atoms with Gasteiger partial charge < -0.3 is 5.32 Å². The second-order valence-electron chi connectivity index (χ2n) is 5.02. The summed E-state index contributed by atoms with van der Waals surface area (Å²) in [6.07, 6.45) is 0. The van der Waals surface area contributed by atoms with Gasteiger partial charge in [0.05, 0.1) is 0 Å². The summed E-state index contributed by atoms with van der Waals surface area (Å²) < 4.78 is 0. The van der Waals surface area contributed by atoms with Gasteiger partial charge in [-0.15, -0.1) is 0 Å². The highest BCUT2D eigenvalue weighted by Gasteiger charge is 2.12. The normalized spacial score (nSPS) is 11.9. The Balaban J connectivity index is 2.86. The van der Waals surface area contributed by atoms with E-state index in [1.807, 2.05) is 20.8 Å². The fourth-order valence-corrected chi connectivity index (χ4v) is 1.52. The zero-order valence-corrected chi connectivity index (χ0v) is 10.6. The maximum absolute atomic E-state index is 4.38. The van der Waals surface area contributed by atoms with Crippen LogP contribution in [0.2, 0.25) is 0 Å². The monoisotopic (exact) mass is 207 g/mol. The van der Waals surface area contributed by atoms with Gasteiger partial charge in [0.25, 0.3) is 0 Å². The van der Waals surface area contributed by atoms with Gasteiger partial charge in [-0.05, 0) is 41.5 Å². The maximum atomic E-state index is 4.38. The summed E-state index contributed by atoms with van der Waals surface area (Å²) >= 11 is 0. The summed E-state index contributed by atoms with van der Waals surface area (Å²) in [5.41, 5.74) is 3.51. The van der Waals surface area contributed by atoms with Gasteiger partial charge in [-0.1, -0.05) is 0 Å². The van der Waals surface area contributed by atoms with Crippen LogP contribution in [-0.4, -0.2) is 15.5 Å². The number of aromatic nitrogens is 2. The smallest absolute Gasteiger partial charge is 0.125 e. The van der Waals surface area contributed by atoms with Crippen molar-refractivity contribution in [2.24, 2.45) is 0 Å². The van der Waals surface area contributed by atoms with E-state index >= 15 is 0 Å². The second kappa shape index (κ2) is 4.27. The Hall–Kier alpha value is -0.960. The number of nitrogens with one attached hydrogen (secondary N) is 1. The van der Waals surface area contributed by atoms with E-state index in [2.05, 4.69) is 36.1 Å². The molecule has 0 saturated carbocycles. The second-order valence-corrected chi connectivity index (χ2v) is 5.02. The molecule has 0 bridgehead atoms. The zero-order valence-electron chi connectivity index (χ0n) is 10.6. The van der Waals surface area contributed by atoms with Crippen LogP contribution in [-0.2, 0) is 6.54 Å². The molecule has 84 valence electrons. The Morgan fingerprint density at radius 1 is 1.00 bits per heavy atom. The zero-order chi connectivity index (χ0) is 11.6. The Labute approximate surface area is 92.3 Å². The van der Waals surface area contributed by atoms with Crippen molar-refractivity contribution in [1.29, 1.82) is 0 Å². The summed E-state index contributed by atoms with van der Waals surface area (Å²) in [6, 6.07) is 0. The van der Waals surface area contributed by atoms with Crippen LogP contribution < -0.4 is 5.32 Å². The van der Waals surface area contributed by atoms with E-state index in [4.69, 9.17) is 0 Å². The first-order valence-corrected chi connectivity index (χ1v) is 5.35. The summed E-state index contributed by atoms with van der Waals surface area (Å²) in [5.74, 6) is 0.851. The molecule has 0 aliphatic heterocycles. The molecule has 0 fully saturated rings. The summed E-state index contributed by atoms with van der Waals surface area (Å²) in [4.78, 5) is 8.77. The molecule has 1 aromatic heterocycles. The quantitative estimate of drug-likeness (QED) is 0.808. The molecule has 0 saturated heterocycles. The van der Waals surface area contributed by atoms with E-state index < -0.39 is 0 Å². The van der Waals surface area contributed by atoms with Gasteiger partial charge in [-0.2, -0.15) is 0 Å². The van der Waals surface area contributed by atoms with Crippen molar-refractivity contribution in [3.63, 3.8) is 0 Å². The van der Waals surface area contributed by atoms with Crippen molar-refractivity contribution in [1.82, 2.24) is 15.3 Å². The third-order valence-electron chi connectivity index (χ3n) is 2.33. The lowest BCUT2D eigenvalue weighted by Gasteiger charge is -2.21. The van der Waals surface area contributed by atoms with Gasteiger partial charge in [0, 0.05) is 29.0 Å². The summed E-state index contributed by atoms with van der Waals surface area (Å²) in [5, 5.41) is 3.46. The fraction of sp³-hybridized carbons (Fsp3) is 0.667. The van der Waals surface area contributed by atoms with Crippen LogP contribution in [0.5, 0.6) is 0 Å². The molecule has 0 atom stereocenters. The van der Waals surface area contributed by atoms with Gasteiger partial charge in [0.1, 0.15) is 5.82 Å². The highest BCUT2D eigenvalue weighted by atomic mass is 15.0. The van der Waals surface area contributed by atoms with Crippen LogP contribution in [0.1, 0.15) is 43.5 Å². The molecule has 1 aromatic rings. The van der Waals surface area contributed by atoms with E-state index in [-0.39, 0.29) is 5.54 Å². The molecular formula is C12H21N3. The SMILES string of the molecule is Cc1nc(C)c(CNC(C)(C)C)c(C)n1. The third-order valence-corrected chi connectivity index (χ3v) is 2.33. The van der Waals surface area contributed by atoms with E-state index in [0.717, 1.165) is 23.8 Å². The van der Waals surface area contributed by atoms with Gasteiger partial charge >= 0.3 is 0 Å². The van der Waals surface area contributed by atoms with E-state index in [9.17, 15) is 0 Å². The number of aryl methyl sites for hydroxylation is 3. The minimum atomic E-state index is 0.129. The summed E-state index contributed by atoms with van der Waals surface area (Å²) in [6.45, 7) is 13.3. The molecule has 0 radical (unpaired) electrons. The van der Waals surface area contributed by atoms with E-state index in [1.165, 1.54) is 5.56 Å². The molecule has 3 heteroatoms. The van der Waals surface area contributed by atoms with Gasteiger partial charge in [-0.3, -0.25) is 0 Å².